The van der Waals surface area contributed by atoms with E-state index in [1.165, 1.54) is 44.2 Å². The number of likely N-dealkylation sites (tertiary alicyclic amines) is 1. The molecule has 1 saturated carbocycles. The van der Waals surface area contributed by atoms with Gasteiger partial charge in [-0.1, -0.05) is 19.3 Å². The molecule has 2 aliphatic rings. The SMILES string of the molecule is C[C@H]1CCCCN1CCCNC(=O)c1ccc(-c2c(-c3ccc(F)cc3)ncn2C2CCCC2)o1. The second-order valence-corrected chi connectivity index (χ2v) is 9.95. The highest BCUT2D eigenvalue weighted by Crippen LogP contribution is 2.39. The van der Waals surface area contributed by atoms with E-state index in [2.05, 4.69) is 26.7 Å². The number of carbonyl (C=O) groups excluding carboxylic acids is 1. The number of carbonyl (C=O) groups is 1. The minimum atomic E-state index is -0.280. The van der Waals surface area contributed by atoms with Crippen LogP contribution in [0.25, 0.3) is 22.7 Å². The molecule has 5 rings (SSSR count). The van der Waals surface area contributed by atoms with Gasteiger partial charge in [0.15, 0.2) is 11.5 Å². The predicted octanol–water partition coefficient (Wildman–Crippen LogP) is 6.06. The lowest BCUT2D eigenvalue weighted by atomic mass is 10.0. The molecule has 35 heavy (non-hydrogen) atoms. The number of amides is 1. The zero-order chi connectivity index (χ0) is 24.2. The molecule has 1 N–H and O–H groups in total. The molecular formula is C28H35FN4O2. The van der Waals surface area contributed by atoms with Crippen molar-refractivity contribution >= 4 is 5.91 Å². The summed E-state index contributed by atoms with van der Waals surface area (Å²) in [4.78, 5) is 20.0. The number of hydrogen-bond donors (Lipinski definition) is 1. The van der Waals surface area contributed by atoms with E-state index in [1.54, 1.807) is 18.2 Å². The van der Waals surface area contributed by atoms with Gasteiger partial charge in [0.25, 0.3) is 5.91 Å². The Labute approximate surface area is 206 Å². The monoisotopic (exact) mass is 478 g/mol. The Morgan fingerprint density at radius 3 is 2.63 bits per heavy atom. The maximum Gasteiger partial charge on any atom is 0.287 e. The summed E-state index contributed by atoms with van der Waals surface area (Å²) in [5, 5.41) is 3.01. The van der Waals surface area contributed by atoms with Crippen molar-refractivity contribution in [3.05, 3.63) is 54.3 Å². The summed E-state index contributed by atoms with van der Waals surface area (Å²) in [5.41, 5.74) is 2.42. The summed E-state index contributed by atoms with van der Waals surface area (Å²) in [5.74, 6) is 0.437. The van der Waals surface area contributed by atoms with E-state index in [4.69, 9.17) is 4.42 Å². The fourth-order valence-corrected chi connectivity index (χ4v) is 5.53. The molecule has 1 aliphatic carbocycles. The van der Waals surface area contributed by atoms with Crippen LogP contribution in [0.2, 0.25) is 0 Å². The molecule has 1 aliphatic heterocycles. The molecule has 0 radical (unpaired) electrons. The fourth-order valence-electron chi connectivity index (χ4n) is 5.53. The molecule has 3 aromatic rings. The van der Waals surface area contributed by atoms with E-state index in [-0.39, 0.29) is 11.7 Å². The van der Waals surface area contributed by atoms with Gasteiger partial charge in [0.05, 0.1) is 12.0 Å². The molecule has 3 heterocycles. The predicted molar refractivity (Wildman–Crippen MR) is 135 cm³/mol. The number of halogens is 1. The molecule has 6 nitrogen and oxygen atoms in total. The number of hydrogen-bond acceptors (Lipinski definition) is 4. The second-order valence-electron chi connectivity index (χ2n) is 9.95. The average molecular weight is 479 g/mol. The van der Waals surface area contributed by atoms with Crippen molar-refractivity contribution in [2.75, 3.05) is 19.6 Å². The van der Waals surface area contributed by atoms with Crippen molar-refractivity contribution < 1.29 is 13.6 Å². The van der Waals surface area contributed by atoms with Crippen molar-refractivity contribution in [3.8, 4) is 22.7 Å². The van der Waals surface area contributed by atoms with Gasteiger partial charge in [0.2, 0.25) is 0 Å². The minimum Gasteiger partial charge on any atom is -0.449 e. The minimum absolute atomic E-state index is 0.196. The lowest BCUT2D eigenvalue weighted by Crippen LogP contribution is -2.39. The lowest BCUT2D eigenvalue weighted by molar-refractivity contribution is 0.0922. The van der Waals surface area contributed by atoms with E-state index < -0.39 is 0 Å². The smallest absolute Gasteiger partial charge is 0.287 e. The molecule has 1 amide bonds. The van der Waals surface area contributed by atoms with Crippen LogP contribution >= 0.6 is 0 Å². The number of piperidine rings is 1. The first kappa shape index (κ1) is 23.8. The van der Waals surface area contributed by atoms with Crippen molar-refractivity contribution in [1.29, 1.82) is 0 Å². The van der Waals surface area contributed by atoms with E-state index in [1.807, 2.05) is 12.4 Å². The van der Waals surface area contributed by atoms with Crippen LogP contribution < -0.4 is 5.32 Å². The number of rotatable bonds is 8. The summed E-state index contributed by atoms with van der Waals surface area (Å²) >= 11 is 0. The van der Waals surface area contributed by atoms with Gasteiger partial charge >= 0.3 is 0 Å². The highest BCUT2D eigenvalue weighted by molar-refractivity contribution is 5.92. The molecule has 0 unspecified atom stereocenters. The van der Waals surface area contributed by atoms with Crippen LogP contribution in [0.4, 0.5) is 4.39 Å². The number of nitrogens with zero attached hydrogens (tertiary/aromatic N) is 3. The van der Waals surface area contributed by atoms with E-state index in [9.17, 15) is 9.18 Å². The van der Waals surface area contributed by atoms with Crippen LogP contribution in [0.15, 0.2) is 47.1 Å². The Morgan fingerprint density at radius 1 is 1.09 bits per heavy atom. The third-order valence-corrected chi connectivity index (χ3v) is 7.54. The molecule has 1 aromatic carbocycles. The topological polar surface area (TPSA) is 63.3 Å². The van der Waals surface area contributed by atoms with Crippen LogP contribution in [0.5, 0.6) is 0 Å². The normalized spacial score (nSPS) is 19.3. The Kier molecular flexibility index (Phi) is 7.32. The zero-order valence-corrected chi connectivity index (χ0v) is 20.5. The molecule has 1 atom stereocenters. The Balaban J connectivity index is 1.30. The first-order valence-electron chi connectivity index (χ1n) is 13.1. The maximum absolute atomic E-state index is 13.5. The number of furan rings is 1. The number of benzene rings is 1. The molecule has 0 spiro atoms. The number of aromatic nitrogens is 2. The highest BCUT2D eigenvalue weighted by Gasteiger charge is 2.26. The van der Waals surface area contributed by atoms with Gasteiger partial charge in [-0.25, -0.2) is 9.37 Å². The van der Waals surface area contributed by atoms with Crippen molar-refractivity contribution in [1.82, 2.24) is 19.8 Å². The average Bonchev–Trinajstić information content (AvgIpc) is 3.63. The van der Waals surface area contributed by atoms with Crippen molar-refractivity contribution in [3.63, 3.8) is 0 Å². The Bertz CT molecular complexity index is 1130. The molecule has 7 heteroatoms. The van der Waals surface area contributed by atoms with Gasteiger partial charge < -0.3 is 19.2 Å². The molecule has 2 aromatic heterocycles. The van der Waals surface area contributed by atoms with Crippen LogP contribution in [0.3, 0.4) is 0 Å². The van der Waals surface area contributed by atoms with E-state index in [0.717, 1.165) is 49.3 Å². The summed E-state index contributed by atoms with van der Waals surface area (Å²) in [7, 11) is 0. The molecule has 1 saturated heterocycles. The van der Waals surface area contributed by atoms with Crippen LogP contribution in [-0.4, -0.2) is 46.0 Å². The fraction of sp³-hybridized carbons (Fsp3) is 0.500. The standard InChI is InChI=1S/C28H35FN4O2/c1-20-7-4-5-17-32(20)18-6-16-30-28(34)25-15-14-24(35-25)27-26(21-10-12-22(29)13-11-21)31-19-33(27)23-8-2-3-9-23/h10-15,19-20,23H,2-9,16-18H2,1H3,(H,30,34)/t20-/m0/s1. The summed E-state index contributed by atoms with van der Waals surface area (Å²) in [6, 6.07) is 10.9. The maximum atomic E-state index is 13.5. The lowest BCUT2D eigenvalue weighted by Gasteiger charge is -2.33. The van der Waals surface area contributed by atoms with Gasteiger partial charge in [-0.05, 0) is 82.0 Å². The molecule has 2 fully saturated rings. The first-order chi connectivity index (χ1) is 17.1. The third-order valence-electron chi connectivity index (χ3n) is 7.54. The van der Waals surface area contributed by atoms with E-state index in [0.29, 0.717) is 30.1 Å². The van der Waals surface area contributed by atoms with Crippen LogP contribution in [0.1, 0.15) is 74.9 Å². The van der Waals surface area contributed by atoms with Crippen molar-refractivity contribution in [2.24, 2.45) is 0 Å². The van der Waals surface area contributed by atoms with Crippen LogP contribution in [0, 0.1) is 5.82 Å². The highest BCUT2D eigenvalue weighted by atomic mass is 19.1. The third kappa shape index (κ3) is 5.35. The molecular weight excluding hydrogens is 443 g/mol. The van der Waals surface area contributed by atoms with E-state index >= 15 is 0 Å². The quantitative estimate of drug-likeness (QED) is 0.400. The van der Waals surface area contributed by atoms with Crippen LogP contribution in [-0.2, 0) is 0 Å². The van der Waals surface area contributed by atoms with Gasteiger partial charge in [0.1, 0.15) is 11.5 Å². The van der Waals surface area contributed by atoms with Crippen molar-refractivity contribution in [2.45, 2.75) is 70.4 Å². The Hall–Kier alpha value is -2.93. The summed E-state index contributed by atoms with van der Waals surface area (Å²) in [6.45, 7) is 5.08. The molecule has 0 bridgehead atoms. The first-order valence-corrected chi connectivity index (χ1v) is 13.1. The van der Waals surface area contributed by atoms with Gasteiger partial charge in [-0.2, -0.15) is 0 Å². The van der Waals surface area contributed by atoms with Gasteiger partial charge in [0, 0.05) is 30.7 Å². The summed E-state index contributed by atoms with van der Waals surface area (Å²) < 4.78 is 21.8. The Morgan fingerprint density at radius 2 is 1.86 bits per heavy atom. The molecule has 186 valence electrons. The zero-order valence-electron chi connectivity index (χ0n) is 20.5. The second kappa shape index (κ2) is 10.8. The number of imidazole rings is 1. The van der Waals surface area contributed by atoms with Gasteiger partial charge in [-0.3, -0.25) is 4.79 Å². The largest absolute Gasteiger partial charge is 0.449 e. The number of nitrogens with one attached hydrogen (secondary N) is 1. The van der Waals surface area contributed by atoms with Gasteiger partial charge in [-0.15, -0.1) is 0 Å². The summed E-state index contributed by atoms with van der Waals surface area (Å²) in [6.07, 6.45) is 11.2.